The molecular weight excluding hydrogens is 210 g/mol. The fraction of sp³-hybridized carbons (Fsp3) is 0.600. The van der Waals surface area contributed by atoms with Gasteiger partial charge in [-0.05, 0) is 44.4 Å². The Morgan fingerprint density at radius 1 is 1.12 bits per heavy atom. The lowest BCUT2D eigenvalue weighted by atomic mass is 9.99. The third-order valence-corrected chi connectivity index (χ3v) is 3.10. The highest BCUT2D eigenvalue weighted by Gasteiger charge is 2.09. The maximum absolute atomic E-state index is 5.66. The van der Waals surface area contributed by atoms with Crippen molar-refractivity contribution in [2.24, 2.45) is 5.92 Å². The van der Waals surface area contributed by atoms with Gasteiger partial charge in [-0.15, -0.1) is 0 Å². The molecule has 0 spiro atoms. The van der Waals surface area contributed by atoms with Gasteiger partial charge < -0.3 is 10.1 Å². The molecule has 0 radical (unpaired) electrons. The quantitative estimate of drug-likeness (QED) is 0.697. The van der Waals surface area contributed by atoms with Crippen LogP contribution >= 0.6 is 0 Å². The lowest BCUT2D eigenvalue weighted by Gasteiger charge is -2.19. The second-order valence-electron chi connectivity index (χ2n) is 4.80. The van der Waals surface area contributed by atoms with Crippen LogP contribution in [0, 0.1) is 5.92 Å². The zero-order valence-electron chi connectivity index (χ0n) is 11.3. The number of hydrogen-bond donors (Lipinski definition) is 1. The highest BCUT2D eigenvalue weighted by atomic mass is 16.5. The first-order chi connectivity index (χ1) is 8.24. The van der Waals surface area contributed by atoms with Gasteiger partial charge in [0.25, 0.3) is 0 Å². The van der Waals surface area contributed by atoms with Crippen molar-refractivity contribution in [2.75, 3.05) is 13.7 Å². The third kappa shape index (κ3) is 5.73. The zero-order valence-corrected chi connectivity index (χ0v) is 11.3. The molecule has 0 aliphatic heterocycles. The summed E-state index contributed by atoms with van der Waals surface area (Å²) in [5.74, 6) is 1.68. The van der Waals surface area contributed by atoms with Crippen LogP contribution in [-0.4, -0.2) is 19.7 Å². The Morgan fingerprint density at radius 3 is 2.41 bits per heavy atom. The summed E-state index contributed by atoms with van der Waals surface area (Å²) in [6, 6.07) is 10.7. The van der Waals surface area contributed by atoms with Crippen molar-refractivity contribution in [3.63, 3.8) is 0 Å². The van der Waals surface area contributed by atoms with Gasteiger partial charge in [0.05, 0.1) is 6.61 Å². The molecule has 1 atom stereocenters. The number of benzene rings is 1. The van der Waals surface area contributed by atoms with Crippen LogP contribution in [0.15, 0.2) is 30.3 Å². The van der Waals surface area contributed by atoms with E-state index in [-0.39, 0.29) is 0 Å². The molecule has 0 saturated carbocycles. The number of rotatable bonds is 8. The van der Waals surface area contributed by atoms with Crippen molar-refractivity contribution in [1.82, 2.24) is 5.32 Å². The van der Waals surface area contributed by atoms with Gasteiger partial charge in [0.2, 0.25) is 0 Å². The largest absolute Gasteiger partial charge is 0.494 e. The van der Waals surface area contributed by atoms with Crippen molar-refractivity contribution in [3.8, 4) is 5.75 Å². The van der Waals surface area contributed by atoms with Crippen molar-refractivity contribution in [2.45, 2.75) is 39.2 Å². The molecule has 17 heavy (non-hydrogen) atoms. The fourth-order valence-corrected chi connectivity index (χ4v) is 1.98. The molecular formula is C15H25NO. The molecule has 1 aromatic rings. The maximum Gasteiger partial charge on any atom is 0.119 e. The van der Waals surface area contributed by atoms with Gasteiger partial charge in [0.15, 0.2) is 0 Å². The van der Waals surface area contributed by atoms with E-state index in [9.17, 15) is 0 Å². The average Bonchev–Trinajstić information content (AvgIpc) is 2.34. The van der Waals surface area contributed by atoms with E-state index in [1.54, 1.807) is 0 Å². The third-order valence-electron chi connectivity index (χ3n) is 3.10. The summed E-state index contributed by atoms with van der Waals surface area (Å²) in [6.45, 7) is 5.35. The Balaban J connectivity index is 2.08. The van der Waals surface area contributed by atoms with Crippen LogP contribution in [0.2, 0.25) is 0 Å². The number of nitrogens with one attached hydrogen (secondary N) is 1. The maximum atomic E-state index is 5.66. The predicted octanol–water partition coefficient (Wildman–Crippen LogP) is 3.48. The second kappa shape index (κ2) is 8.13. The molecule has 1 unspecified atom stereocenters. The summed E-state index contributed by atoms with van der Waals surface area (Å²) >= 11 is 0. The number of hydrogen-bond acceptors (Lipinski definition) is 2. The lowest BCUT2D eigenvalue weighted by Crippen LogP contribution is -2.30. The van der Waals surface area contributed by atoms with E-state index in [0.29, 0.717) is 12.0 Å². The number of para-hydroxylation sites is 1. The van der Waals surface area contributed by atoms with Crippen LogP contribution in [0.1, 0.15) is 33.1 Å². The molecule has 0 amide bonds. The monoisotopic (exact) mass is 235 g/mol. The first-order valence-electron chi connectivity index (χ1n) is 6.59. The summed E-state index contributed by atoms with van der Waals surface area (Å²) in [4.78, 5) is 0. The molecule has 0 bridgehead atoms. The standard InChI is InChI=1S/C15H25NO/c1-13(2)15(16-3)11-7-8-12-17-14-9-5-4-6-10-14/h4-6,9-10,13,15-16H,7-8,11-12H2,1-3H3. The SMILES string of the molecule is CNC(CCCCOc1ccccc1)C(C)C. The van der Waals surface area contributed by atoms with Gasteiger partial charge in [-0.2, -0.15) is 0 Å². The van der Waals surface area contributed by atoms with Gasteiger partial charge in [-0.3, -0.25) is 0 Å². The van der Waals surface area contributed by atoms with Crippen LogP contribution in [0.5, 0.6) is 5.75 Å². The molecule has 1 rings (SSSR count). The highest BCUT2D eigenvalue weighted by molar-refractivity contribution is 5.20. The second-order valence-corrected chi connectivity index (χ2v) is 4.80. The Hall–Kier alpha value is -1.02. The van der Waals surface area contributed by atoms with Gasteiger partial charge in [0.1, 0.15) is 5.75 Å². The zero-order chi connectivity index (χ0) is 12.5. The predicted molar refractivity (Wildman–Crippen MR) is 73.5 cm³/mol. The van der Waals surface area contributed by atoms with Crippen molar-refractivity contribution in [3.05, 3.63) is 30.3 Å². The summed E-state index contributed by atoms with van der Waals surface area (Å²) in [6.07, 6.45) is 3.57. The molecule has 0 fully saturated rings. The van der Waals surface area contributed by atoms with E-state index >= 15 is 0 Å². The van der Waals surface area contributed by atoms with Crippen LogP contribution in [0.3, 0.4) is 0 Å². The minimum Gasteiger partial charge on any atom is -0.494 e. The molecule has 1 aromatic carbocycles. The van der Waals surface area contributed by atoms with E-state index in [1.165, 1.54) is 12.8 Å². The Labute approximate surface area is 105 Å². The van der Waals surface area contributed by atoms with Crippen LogP contribution in [-0.2, 0) is 0 Å². The lowest BCUT2D eigenvalue weighted by molar-refractivity contribution is 0.295. The van der Waals surface area contributed by atoms with Gasteiger partial charge in [-0.25, -0.2) is 0 Å². The van der Waals surface area contributed by atoms with Crippen LogP contribution in [0.4, 0.5) is 0 Å². The van der Waals surface area contributed by atoms with Crippen molar-refractivity contribution < 1.29 is 4.74 Å². The fourth-order valence-electron chi connectivity index (χ4n) is 1.98. The molecule has 2 nitrogen and oxygen atoms in total. The Bertz CT molecular complexity index is 284. The molecule has 0 aliphatic rings. The van der Waals surface area contributed by atoms with Gasteiger partial charge in [-0.1, -0.05) is 32.0 Å². The molecule has 0 aromatic heterocycles. The van der Waals surface area contributed by atoms with E-state index in [0.717, 1.165) is 18.8 Å². The van der Waals surface area contributed by atoms with E-state index in [2.05, 4.69) is 19.2 Å². The molecule has 96 valence electrons. The van der Waals surface area contributed by atoms with Gasteiger partial charge >= 0.3 is 0 Å². The van der Waals surface area contributed by atoms with Gasteiger partial charge in [0, 0.05) is 6.04 Å². The van der Waals surface area contributed by atoms with Crippen molar-refractivity contribution in [1.29, 1.82) is 0 Å². The van der Waals surface area contributed by atoms with Crippen molar-refractivity contribution >= 4 is 0 Å². The van der Waals surface area contributed by atoms with Crippen LogP contribution < -0.4 is 10.1 Å². The summed E-state index contributed by atoms with van der Waals surface area (Å²) in [7, 11) is 2.05. The first kappa shape index (κ1) is 14.0. The molecule has 2 heteroatoms. The number of ether oxygens (including phenoxy) is 1. The smallest absolute Gasteiger partial charge is 0.119 e. The summed E-state index contributed by atoms with van der Waals surface area (Å²) < 4.78 is 5.66. The highest BCUT2D eigenvalue weighted by Crippen LogP contribution is 2.12. The minimum absolute atomic E-state index is 0.631. The number of unbranched alkanes of at least 4 members (excludes halogenated alkanes) is 1. The summed E-state index contributed by atoms with van der Waals surface area (Å²) in [5.41, 5.74) is 0. The summed E-state index contributed by atoms with van der Waals surface area (Å²) in [5, 5.41) is 3.37. The first-order valence-corrected chi connectivity index (χ1v) is 6.59. The topological polar surface area (TPSA) is 21.3 Å². The average molecular weight is 235 g/mol. The Kier molecular flexibility index (Phi) is 6.71. The molecule has 0 aliphatic carbocycles. The molecule has 1 N–H and O–H groups in total. The van der Waals surface area contributed by atoms with Crippen LogP contribution in [0.25, 0.3) is 0 Å². The molecule has 0 heterocycles. The van der Waals surface area contributed by atoms with E-state index in [4.69, 9.17) is 4.74 Å². The van der Waals surface area contributed by atoms with E-state index < -0.39 is 0 Å². The minimum atomic E-state index is 0.631. The Morgan fingerprint density at radius 2 is 1.82 bits per heavy atom. The van der Waals surface area contributed by atoms with E-state index in [1.807, 2.05) is 37.4 Å². The normalized spacial score (nSPS) is 12.7. The molecule has 0 saturated heterocycles.